The zero-order valence-electron chi connectivity index (χ0n) is 3.16. The van der Waals surface area contributed by atoms with E-state index in [1.807, 2.05) is 0 Å². The number of aliphatic hydroxyl groups excluding tert-OH is 1. The van der Waals surface area contributed by atoms with Gasteiger partial charge in [-0.2, -0.15) is 0 Å². The summed E-state index contributed by atoms with van der Waals surface area (Å²) in [5.41, 5.74) is 0. The normalized spacial score (nSPS) is 30.5. The van der Waals surface area contributed by atoms with E-state index in [0.29, 0.717) is 6.42 Å². The number of nitrogens with zero attached hydrogens (tertiary/aromatic N) is 1. The molecule has 34 valence electrons. The van der Waals surface area contributed by atoms with Crippen molar-refractivity contribution in [3.8, 4) is 0 Å². The second-order valence-corrected chi connectivity index (χ2v) is 1.08. The third-order valence-corrected chi connectivity index (χ3v) is 0.564. The van der Waals surface area contributed by atoms with E-state index < -0.39 is 6.29 Å². The number of hydrogen-bond acceptors (Lipinski definition) is 3. The fourth-order valence-electron chi connectivity index (χ4n) is 0.290. The molecule has 0 saturated carbocycles. The zero-order chi connectivity index (χ0) is 4.41. The van der Waals surface area contributed by atoms with Crippen molar-refractivity contribution in [2.75, 3.05) is 0 Å². The maximum absolute atomic E-state index is 8.38. The monoisotopic (exact) mass is 87.0 g/mol. The smallest absolute Gasteiger partial charge is 0.229 e. The highest BCUT2D eigenvalue weighted by atomic mass is 16.7. The molecule has 0 amide bonds. The van der Waals surface area contributed by atoms with Crippen molar-refractivity contribution < 1.29 is 9.94 Å². The fourth-order valence-corrected chi connectivity index (χ4v) is 0.290. The number of hydrogen-bond donors (Lipinski definition) is 1. The van der Waals surface area contributed by atoms with Crippen LogP contribution in [-0.4, -0.2) is 17.6 Å². The minimum atomic E-state index is -0.676. The predicted molar refractivity (Wildman–Crippen MR) is 20.2 cm³/mol. The summed E-state index contributed by atoms with van der Waals surface area (Å²) in [6.45, 7) is 0. The van der Waals surface area contributed by atoms with Gasteiger partial charge >= 0.3 is 0 Å². The first-order valence-electron chi connectivity index (χ1n) is 1.75. The van der Waals surface area contributed by atoms with Gasteiger partial charge in [-0.1, -0.05) is 5.16 Å². The Bertz CT molecular complexity index is 63.2. The Kier molecular flexibility index (Phi) is 0.759. The maximum atomic E-state index is 8.38. The first kappa shape index (κ1) is 3.61. The van der Waals surface area contributed by atoms with Crippen molar-refractivity contribution in [1.29, 1.82) is 0 Å². The second-order valence-electron chi connectivity index (χ2n) is 1.08. The van der Waals surface area contributed by atoms with Crippen LogP contribution in [0.15, 0.2) is 5.16 Å². The van der Waals surface area contributed by atoms with Crippen molar-refractivity contribution in [2.45, 2.75) is 12.7 Å². The lowest BCUT2D eigenvalue weighted by Crippen LogP contribution is -2.00. The van der Waals surface area contributed by atoms with Gasteiger partial charge < -0.3 is 9.94 Å². The van der Waals surface area contributed by atoms with E-state index in [9.17, 15) is 0 Å². The van der Waals surface area contributed by atoms with E-state index >= 15 is 0 Å². The molecule has 0 aromatic heterocycles. The largest absolute Gasteiger partial charge is 0.364 e. The van der Waals surface area contributed by atoms with Gasteiger partial charge in [0.2, 0.25) is 6.29 Å². The van der Waals surface area contributed by atoms with Crippen LogP contribution in [0.3, 0.4) is 0 Å². The lowest BCUT2D eigenvalue weighted by Gasteiger charge is -1.92. The standard InChI is InChI=1S/C3H5NO2/c5-3-1-2-4-6-3/h2-3,5H,1H2. The summed E-state index contributed by atoms with van der Waals surface area (Å²) in [7, 11) is 0. The molecule has 1 N–H and O–H groups in total. The molecule has 1 rings (SSSR count). The van der Waals surface area contributed by atoms with Crippen molar-refractivity contribution in [3.63, 3.8) is 0 Å². The molecular weight excluding hydrogens is 82.0 g/mol. The van der Waals surface area contributed by atoms with Crippen molar-refractivity contribution >= 4 is 6.21 Å². The molecule has 3 nitrogen and oxygen atoms in total. The summed E-state index contributed by atoms with van der Waals surface area (Å²) in [6, 6.07) is 0. The highest BCUT2D eigenvalue weighted by molar-refractivity contribution is 5.57. The zero-order valence-corrected chi connectivity index (χ0v) is 3.16. The third-order valence-electron chi connectivity index (χ3n) is 0.564. The van der Waals surface area contributed by atoms with Crippen LogP contribution < -0.4 is 0 Å². The van der Waals surface area contributed by atoms with Crippen molar-refractivity contribution in [2.24, 2.45) is 5.16 Å². The Balaban J connectivity index is 2.32. The molecule has 1 aliphatic heterocycles. The van der Waals surface area contributed by atoms with Crippen LogP contribution in [0.1, 0.15) is 6.42 Å². The van der Waals surface area contributed by atoms with Gasteiger partial charge in [0.25, 0.3) is 0 Å². The van der Waals surface area contributed by atoms with Gasteiger partial charge in [-0.15, -0.1) is 0 Å². The van der Waals surface area contributed by atoms with Gasteiger partial charge in [0, 0.05) is 0 Å². The first-order valence-corrected chi connectivity index (χ1v) is 1.75. The molecule has 0 aliphatic carbocycles. The topological polar surface area (TPSA) is 41.8 Å². The first-order chi connectivity index (χ1) is 2.89. The number of rotatable bonds is 0. The molecule has 0 radical (unpaired) electrons. The predicted octanol–water partition coefficient (Wildman–Crippen LogP) is -0.289. The van der Waals surface area contributed by atoms with Crippen LogP contribution in [0.5, 0.6) is 0 Å². The Morgan fingerprint density at radius 2 is 2.83 bits per heavy atom. The third kappa shape index (κ3) is 0.490. The minimum Gasteiger partial charge on any atom is -0.364 e. The molecule has 0 fully saturated rings. The lowest BCUT2D eigenvalue weighted by molar-refractivity contribution is -0.0762. The van der Waals surface area contributed by atoms with Gasteiger partial charge in [0.05, 0.1) is 12.6 Å². The average Bonchev–Trinajstić information content (AvgIpc) is 1.86. The van der Waals surface area contributed by atoms with Gasteiger partial charge in [0.1, 0.15) is 0 Å². The van der Waals surface area contributed by atoms with Crippen LogP contribution in [0, 0.1) is 0 Å². The van der Waals surface area contributed by atoms with Gasteiger partial charge in [-0.25, -0.2) is 0 Å². The second kappa shape index (κ2) is 1.26. The van der Waals surface area contributed by atoms with E-state index in [2.05, 4.69) is 9.99 Å². The average molecular weight is 87.1 g/mol. The minimum absolute atomic E-state index is 0.528. The molecule has 1 unspecified atom stereocenters. The number of oxime groups is 1. The summed E-state index contributed by atoms with van der Waals surface area (Å²) in [6.07, 6.45) is 1.38. The molecule has 0 spiro atoms. The van der Waals surface area contributed by atoms with Crippen molar-refractivity contribution in [3.05, 3.63) is 0 Å². The molecule has 0 saturated heterocycles. The van der Waals surface area contributed by atoms with Gasteiger partial charge in [0.15, 0.2) is 0 Å². The molecule has 1 aliphatic rings. The van der Waals surface area contributed by atoms with Crippen LogP contribution in [0.4, 0.5) is 0 Å². The molecule has 1 atom stereocenters. The highest BCUT2D eigenvalue weighted by Crippen LogP contribution is 1.97. The van der Waals surface area contributed by atoms with Crippen LogP contribution in [-0.2, 0) is 4.84 Å². The SMILES string of the molecule is OC1CC=NO1. The van der Waals surface area contributed by atoms with Crippen LogP contribution in [0.2, 0.25) is 0 Å². The van der Waals surface area contributed by atoms with Crippen molar-refractivity contribution in [1.82, 2.24) is 0 Å². The molecule has 1 heterocycles. The Labute approximate surface area is 35.2 Å². The molecular formula is C3H5NO2. The molecule has 0 bridgehead atoms. The summed E-state index contributed by atoms with van der Waals surface area (Å²) >= 11 is 0. The molecule has 0 aromatic carbocycles. The van der Waals surface area contributed by atoms with Crippen LogP contribution in [0.25, 0.3) is 0 Å². The Hall–Kier alpha value is -0.570. The van der Waals surface area contributed by atoms with E-state index in [4.69, 9.17) is 5.11 Å². The summed E-state index contributed by atoms with van der Waals surface area (Å²) < 4.78 is 0. The summed E-state index contributed by atoms with van der Waals surface area (Å²) in [5.74, 6) is 0. The highest BCUT2D eigenvalue weighted by Gasteiger charge is 2.04. The fraction of sp³-hybridized carbons (Fsp3) is 0.667. The Morgan fingerprint density at radius 3 is 3.00 bits per heavy atom. The maximum Gasteiger partial charge on any atom is 0.229 e. The van der Waals surface area contributed by atoms with E-state index in [-0.39, 0.29) is 0 Å². The van der Waals surface area contributed by atoms with E-state index in [1.54, 1.807) is 0 Å². The number of aliphatic hydroxyl groups is 1. The van der Waals surface area contributed by atoms with Gasteiger partial charge in [-0.05, 0) is 0 Å². The van der Waals surface area contributed by atoms with E-state index in [1.165, 1.54) is 6.21 Å². The van der Waals surface area contributed by atoms with E-state index in [0.717, 1.165) is 0 Å². The molecule has 6 heavy (non-hydrogen) atoms. The quantitative estimate of drug-likeness (QED) is 0.441. The van der Waals surface area contributed by atoms with Gasteiger partial charge in [-0.3, -0.25) is 0 Å². The molecule has 0 aromatic rings. The Morgan fingerprint density at radius 1 is 2.00 bits per heavy atom. The summed E-state index contributed by atoms with van der Waals surface area (Å²) in [4.78, 5) is 4.28. The lowest BCUT2D eigenvalue weighted by atomic mass is 10.5. The molecule has 3 heteroatoms. The van der Waals surface area contributed by atoms with Crippen LogP contribution >= 0.6 is 0 Å². The summed E-state index contributed by atoms with van der Waals surface area (Å²) in [5, 5.41) is 11.7.